The quantitative estimate of drug-likeness (QED) is 0.678. The van der Waals surface area contributed by atoms with E-state index in [0.717, 1.165) is 29.5 Å². The standard InChI is InChI=1S/C14H19Cl2N/c1-2-7-17(10-11-3-4-11)14-6-5-13(16)8-12(14)9-15/h5-6,8,11H,2-4,7,9-10H2,1H3. The summed E-state index contributed by atoms with van der Waals surface area (Å²) in [7, 11) is 0. The van der Waals surface area contributed by atoms with E-state index in [0.29, 0.717) is 5.88 Å². The number of rotatable bonds is 6. The molecule has 0 radical (unpaired) electrons. The number of halogens is 2. The van der Waals surface area contributed by atoms with Crippen molar-refractivity contribution in [3.63, 3.8) is 0 Å². The third-order valence-electron chi connectivity index (χ3n) is 3.20. The molecule has 94 valence electrons. The Morgan fingerprint density at radius 2 is 2.12 bits per heavy atom. The van der Waals surface area contributed by atoms with Crippen molar-refractivity contribution in [1.29, 1.82) is 0 Å². The normalized spacial score (nSPS) is 15.0. The van der Waals surface area contributed by atoms with Gasteiger partial charge in [-0.1, -0.05) is 18.5 Å². The van der Waals surface area contributed by atoms with Crippen LogP contribution in [-0.2, 0) is 5.88 Å². The highest BCUT2D eigenvalue weighted by atomic mass is 35.5. The van der Waals surface area contributed by atoms with Crippen LogP contribution in [0.2, 0.25) is 5.02 Å². The summed E-state index contributed by atoms with van der Waals surface area (Å²) < 4.78 is 0. The smallest absolute Gasteiger partial charge is 0.0495 e. The van der Waals surface area contributed by atoms with Gasteiger partial charge >= 0.3 is 0 Å². The molecule has 0 saturated heterocycles. The summed E-state index contributed by atoms with van der Waals surface area (Å²) in [6, 6.07) is 6.06. The number of alkyl halides is 1. The van der Waals surface area contributed by atoms with Crippen LogP contribution in [0.25, 0.3) is 0 Å². The molecule has 0 spiro atoms. The topological polar surface area (TPSA) is 3.24 Å². The van der Waals surface area contributed by atoms with E-state index in [1.165, 1.54) is 25.1 Å². The molecular weight excluding hydrogens is 253 g/mol. The number of anilines is 1. The van der Waals surface area contributed by atoms with Gasteiger partial charge in [0.25, 0.3) is 0 Å². The lowest BCUT2D eigenvalue weighted by Crippen LogP contribution is -2.27. The maximum absolute atomic E-state index is 6.02. The van der Waals surface area contributed by atoms with Crippen LogP contribution in [0, 0.1) is 5.92 Å². The predicted molar refractivity (Wildman–Crippen MR) is 76.2 cm³/mol. The highest BCUT2D eigenvalue weighted by molar-refractivity contribution is 6.30. The number of hydrogen-bond donors (Lipinski definition) is 0. The summed E-state index contributed by atoms with van der Waals surface area (Å²) in [6.45, 7) is 4.48. The molecule has 2 rings (SSSR count). The number of benzene rings is 1. The van der Waals surface area contributed by atoms with Gasteiger partial charge in [0.2, 0.25) is 0 Å². The average molecular weight is 272 g/mol. The molecule has 0 heterocycles. The Morgan fingerprint density at radius 1 is 1.35 bits per heavy atom. The van der Waals surface area contributed by atoms with Crippen LogP contribution >= 0.6 is 23.2 Å². The molecule has 0 aliphatic heterocycles. The molecule has 0 unspecified atom stereocenters. The van der Waals surface area contributed by atoms with Crippen LogP contribution in [-0.4, -0.2) is 13.1 Å². The molecule has 1 nitrogen and oxygen atoms in total. The number of nitrogens with zero attached hydrogens (tertiary/aromatic N) is 1. The van der Waals surface area contributed by atoms with E-state index in [1.54, 1.807) is 0 Å². The first-order chi connectivity index (χ1) is 8.24. The monoisotopic (exact) mass is 271 g/mol. The molecule has 0 aromatic heterocycles. The summed E-state index contributed by atoms with van der Waals surface area (Å²) in [5, 5.41) is 0.771. The molecule has 0 N–H and O–H groups in total. The molecule has 1 fully saturated rings. The van der Waals surface area contributed by atoms with E-state index in [4.69, 9.17) is 23.2 Å². The van der Waals surface area contributed by atoms with Crippen LogP contribution in [0.3, 0.4) is 0 Å². The zero-order chi connectivity index (χ0) is 12.3. The second-order valence-corrected chi connectivity index (χ2v) is 5.50. The van der Waals surface area contributed by atoms with Crippen molar-refractivity contribution in [2.75, 3.05) is 18.0 Å². The van der Waals surface area contributed by atoms with Crippen molar-refractivity contribution in [3.05, 3.63) is 28.8 Å². The summed E-state index contributed by atoms with van der Waals surface area (Å²) in [5.41, 5.74) is 2.41. The third kappa shape index (κ3) is 3.53. The molecule has 17 heavy (non-hydrogen) atoms. The first kappa shape index (κ1) is 13.0. The van der Waals surface area contributed by atoms with Crippen LogP contribution in [0.4, 0.5) is 5.69 Å². The van der Waals surface area contributed by atoms with E-state index in [-0.39, 0.29) is 0 Å². The van der Waals surface area contributed by atoms with Crippen molar-refractivity contribution in [1.82, 2.24) is 0 Å². The minimum atomic E-state index is 0.529. The molecule has 0 atom stereocenters. The van der Waals surface area contributed by atoms with E-state index in [2.05, 4.69) is 17.9 Å². The van der Waals surface area contributed by atoms with Crippen LogP contribution in [0.5, 0.6) is 0 Å². The second kappa shape index (κ2) is 5.97. The van der Waals surface area contributed by atoms with Gasteiger partial charge in [-0.25, -0.2) is 0 Å². The first-order valence-electron chi connectivity index (χ1n) is 6.34. The Kier molecular flexibility index (Phi) is 4.58. The Balaban J connectivity index is 2.20. The van der Waals surface area contributed by atoms with Gasteiger partial charge in [-0.2, -0.15) is 0 Å². The molecule has 1 aliphatic carbocycles. The summed E-state index contributed by atoms with van der Waals surface area (Å²) >= 11 is 12.0. The Hall–Kier alpha value is -0.400. The predicted octanol–water partition coefficient (Wildman–Crippen LogP) is 4.71. The molecule has 0 amide bonds. The van der Waals surface area contributed by atoms with Crippen molar-refractivity contribution >= 4 is 28.9 Å². The molecule has 1 aliphatic rings. The van der Waals surface area contributed by atoms with Crippen LogP contribution < -0.4 is 4.90 Å². The highest BCUT2D eigenvalue weighted by Crippen LogP contribution is 2.33. The molecular formula is C14H19Cl2N. The number of hydrogen-bond acceptors (Lipinski definition) is 1. The van der Waals surface area contributed by atoms with Gasteiger partial charge in [0, 0.05) is 29.7 Å². The molecule has 1 saturated carbocycles. The fraction of sp³-hybridized carbons (Fsp3) is 0.571. The van der Waals surface area contributed by atoms with Crippen molar-refractivity contribution < 1.29 is 0 Å². The van der Waals surface area contributed by atoms with Gasteiger partial charge in [-0.05, 0) is 48.9 Å². The lowest BCUT2D eigenvalue weighted by atomic mass is 10.1. The molecule has 3 heteroatoms. The minimum absolute atomic E-state index is 0.529. The minimum Gasteiger partial charge on any atom is -0.371 e. The largest absolute Gasteiger partial charge is 0.371 e. The van der Waals surface area contributed by atoms with Crippen LogP contribution in [0.1, 0.15) is 31.7 Å². The first-order valence-corrected chi connectivity index (χ1v) is 7.25. The van der Waals surface area contributed by atoms with E-state index in [1.807, 2.05) is 12.1 Å². The van der Waals surface area contributed by atoms with Gasteiger partial charge in [-0.3, -0.25) is 0 Å². The Morgan fingerprint density at radius 3 is 2.71 bits per heavy atom. The van der Waals surface area contributed by atoms with E-state index in [9.17, 15) is 0 Å². The van der Waals surface area contributed by atoms with E-state index >= 15 is 0 Å². The summed E-state index contributed by atoms with van der Waals surface area (Å²) in [6.07, 6.45) is 3.92. The molecule has 1 aromatic carbocycles. The third-order valence-corrected chi connectivity index (χ3v) is 3.72. The van der Waals surface area contributed by atoms with Crippen molar-refractivity contribution in [2.45, 2.75) is 32.1 Å². The van der Waals surface area contributed by atoms with Crippen LogP contribution in [0.15, 0.2) is 18.2 Å². The maximum Gasteiger partial charge on any atom is 0.0495 e. The SMILES string of the molecule is CCCN(CC1CC1)c1ccc(Cl)cc1CCl. The lowest BCUT2D eigenvalue weighted by Gasteiger charge is -2.26. The Bertz CT molecular complexity index is 374. The summed E-state index contributed by atoms with van der Waals surface area (Å²) in [4.78, 5) is 2.46. The summed E-state index contributed by atoms with van der Waals surface area (Å²) in [5.74, 6) is 1.42. The van der Waals surface area contributed by atoms with Crippen molar-refractivity contribution in [2.24, 2.45) is 5.92 Å². The average Bonchev–Trinajstić information content (AvgIpc) is 3.12. The van der Waals surface area contributed by atoms with Gasteiger partial charge in [-0.15, -0.1) is 11.6 Å². The zero-order valence-corrected chi connectivity index (χ0v) is 11.8. The van der Waals surface area contributed by atoms with Crippen molar-refractivity contribution in [3.8, 4) is 0 Å². The van der Waals surface area contributed by atoms with E-state index < -0.39 is 0 Å². The van der Waals surface area contributed by atoms with Gasteiger partial charge < -0.3 is 4.90 Å². The maximum atomic E-state index is 6.02. The fourth-order valence-corrected chi connectivity index (χ4v) is 2.57. The zero-order valence-electron chi connectivity index (χ0n) is 10.3. The van der Waals surface area contributed by atoms with Gasteiger partial charge in [0.15, 0.2) is 0 Å². The fourth-order valence-electron chi connectivity index (χ4n) is 2.16. The Labute approximate surface area is 114 Å². The second-order valence-electron chi connectivity index (χ2n) is 4.80. The molecule has 1 aromatic rings. The highest BCUT2D eigenvalue weighted by Gasteiger charge is 2.25. The molecule has 0 bridgehead atoms. The van der Waals surface area contributed by atoms with Gasteiger partial charge in [0.05, 0.1) is 0 Å². The van der Waals surface area contributed by atoms with Gasteiger partial charge in [0.1, 0.15) is 0 Å². The lowest BCUT2D eigenvalue weighted by molar-refractivity contribution is 0.706.